The van der Waals surface area contributed by atoms with E-state index in [9.17, 15) is 4.39 Å². The number of hydrogen-bond donors (Lipinski definition) is 1. The molecule has 7 rings (SSSR count). The lowest BCUT2D eigenvalue weighted by atomic mass is 10.1. The number of nitrogens with zero attached hydrogens (tertiary/aromatic N) is 8. The van der Waals surface area contributed by atoms with Crippen LogP contribution >= 0.6 is 13.5 Å². The lowest BCUT2D eigenvalue weighted by molar-refractivity contribution is -0.0276. The molecule has 2 aliphatic rings. The number of nitrogens with one attached hydrogen (secondary N) is 1. The Bertz CT molecular complexity index is 1740. The van der Waals surface area contributed by atoms with Crippen LogP contribution in [-0.4, -0.2) is 52.3 Å². The Morgan fingerprint density at radius 3 is 2.68 bits per heavy atom. The predicted octanol–water partition coefficient (Wildman–Crippen LogP) is 4.99. The van der Waals surface area contributed by atoms with Crippen LogP contribution < -0.4 is 5.32 Å². The summed E-state index contributed by atoms with van der Waals surface area (Å²) in [6, 6.07) is 8.30. The minimum atomic E-state index is -3.66. The van der Waals surface area contributed by atoms with E-state index in [-0.39, 0.29) is 25.4 Å². The minimum absolute atomic E-state index is 0. The van der Waals surface area contributed by atoms with Gasteiger partial charge in [0, 0.05) is 30.6 Å². The largest absolute Gasteiger partial charge is 0.377 e. The van der Waals surface area contributed by atoms with E-state index in [0.29, 0.717) is 37.1 Å². The highest BCUT2D eigenvalue weighted by Crippen LogP contribution is 2.42. The predicted molar refractivity (Wildman–Crippen MR) is 149 cm³/mol. The zero-order chi connectivity index (χ0) is 27.6. The maximum atomic E-state index is 15.5. The van der Waals surface area contributed by atoms with Gasteiger partial charge in [0.2, 0.25) is 11.8 Å². The van der Waals surface area contributed by atoms with Crippen LogP contribution in [0.4, 0.5) is 24.9 Å². The average Bonchev–Trinajstić information content (AvgIpc) is 3.63. The smallest absolute Gasteiger partial charge is 0.334 e. The molecule has 5 aromatic rings. The van der Waals surface area contributed by atoms with Gasteiger partial charge in [-0.15, -0.1) is 10.2 Å². The molecule has 4 aromatic heterocycles. The average molecular weight is 582 g/mol. The van der Waals surface area contributed by atoms with Crippen molar-refractivity contribution in [3.05, 3.63) is 77.8 Å². The van der Waals surface area contributed by atoms with Crippen molar-refractivity contribution in [1.29, 1.82) is 0 Å². The SMILES string of the molecule is Cc1cnc(Nc2ccnn2C2COC2)nc1-c1cc2n(c1)C[C@H](C)n1c-2nnc1C(F)(F)c1ccccc1F.S. The van der Waals surface area contributed by atoms with Gasteiger partial charge in [0.1, 0.15) is 17.7 Å². The van der Waals surface area contributed by atoms with Crippen LogP contribution in [0.15, 0.2) is 55.0 Å². The first-order valence-electron chi connectivity index (χ1n) is 12.8. The molecule has 41 heavy (non-hydrogen) atoms. The highest BCUT2D eigenvalue weighted by atomic mass is 32.1. The first-order chi connectivity index (χ1) is 19.3. The summed E-state index contributed by atoms with van der Waals surface area (Å²) in [5.41, 5.74) is 2.20. The Labute approximate surface area is 239 Å². The van der Waals surface area contributed by atoms with Crippen molar-refractivity contribution in [2.75, 3.05) is 18.5 Å². The lowest BCUT2D eigenvalue weighted by Crippen LogP contribution is -2.32. The van der Waals surface area contributed by atoms with Crippen molar-refractivity contribution >= 4 is 25.3 Å². The maximum Gasteiger partial charge on any atom is 0.334 e. The number of hydrogen-bond acceptors (Lipinski definition) is 7. The lowest BCUT2D eigenvalue weighted by Gasteiger charge is -2.27. The Morgan fingerprint density at radius 1 is 1.12 bits per heavy atom. The number of halogens is 3. The molecular weight excluding hydrogens is 555 g/mol. The normalized spacial score (nSPS) is 16.5. The molecule has 212 valence electrons. The summed E-state index contributed by atoms with van der Waals surface area (Å²) in [5.74, 6) is -3.81. The van der Waals surface area contributed by atoms with Gasteiger partial charge in [-0.3, -0.25) is 4.57 Å². The number of aryl methyl sites for hydroxylation is 1. The third-order valence-electron chi connectivity index (χ3n) is 7.34. The van der Waals surface area contributed by atoms with Crippen LogP contribution in [0.5, 0.6) is 0 Å². The van der Waals surface area contributed by atoms with E-state index in [1.54, 1.807) is 12.4 Å². The molecule has 0 aliphatic carbocycles. The number of aromatic nitrogens is 8. The van der Waals surface area contributed by atoms with Gasteiger partial charge in [-0.1, -0.05) is 12.1 Å². The number of rotatable bonds is 6. The monoisotopic (exact) mass is 581 g/mol. The molecule has 0 unspecified atom stereocenters. The van der Waals surface area contributed by atoms with Crippen LogP contribution in [0, 0.1) is 12.7 Å². The van der Waals surface area contributed by atoms with Gasteiger partial charge in [0.15, 0.2) is 5.82 Å². The van der Waals surface area contributed by atoms with E-state index in [1.165, 1.54) is 16.7 Å². The number of alkyl halides is 2. The zero-order valence-corrected chi connectivity index (χ0v) is 23.1. The number of benzene rings is 1. The van der Waals surface area contributed by atoms with Crippen molar-refractivity contribution in [2.45, 2.75) is 38.4 Å². The maximum absolute atomic E-state index is 15.5. The van der Waals surface area contributed by atoms with Crippen LogP contribution in [-0.2, 0) is 17.2 Å². The second-order valence-corrected chi connectivity index (χ2v) is 10.1. The summed E-state index contributed by atoms with van der Waals surface area (Å²) in [4.78, 5) is 9.20. The van der Waals surface area contributed by atoms with Crippen molar-refractivity contribution < 1.29 is 17.9 Å². The number of fused-ring (bicyclic) bond motifs is 3. The van der Waals surface area contributed by atoms with E-state index >= 15 is 8.78 Å². The fourth-order valence-corrected chi connectivity index (χ4v) is 5.26. The molecule has 1 N–H and O–H groups in total. The van der Waals surface area contributed by atoms with E-state index in [0.717, 1.165) is 29.1 Å². The van der Waals surface area contributed by atoms with Crippen molar-refractivity contribution in [3.8, 4) is 22.8 Å². The molecule has 0 radical (unpaired) electrons. The first-order valence-corrected chi connectivity index (χ1v) is 12.8. The third-order valence-corrected chi connectivity index (χ3v) is 7.34. The highest BCUT2D eigenvalue weighted by molar-refractivity contribution is 7.59. The van der Waals surface area contributed by atoms with Crippen LogP contribution in [0.25, 0.3) is 22.8 Å². The summed E-state index contributed by atoms with van der Waals surface area (Å²) >= 11 is 0. The van der Waals surface area contributed by atoms with Crippen molar-refractivity contribution in [1.82, 2.24) is 39.1 Å². The summed E-state index contributed by atoms with van der Waals surface area (Å²) in [6.07, 6.45) is 5.36. The molecule has 0 bridgehead atoms. The molecule has 1 atom stereocenters. The van der Waals surface area contributed by atoms with Gasteiger partial charge in [0.05, 0.1) is 42.4 Å². The Morgan fingerprint density at radius 2 is 1.93 bits per heavy atom. The molecule has 10 nitrogen and oxygen atoms in total. The quantitative estimate of drug-likeness (QED) is 0.302. The fraction of sp³-hybridized carbons (Fsp3) is 0.296. The summed E-state index contributed by atoms with van der Waals surface area (Å²) in [7, 11) is 0. The summed E-state index contributed by atoms with van der Waals surface area (Å²) < 4.78 is 55.9. The van der Waals surface area contributed by atoms with Crippen LogP contribution in [0.3, 0.4) is 0 Å². The van der Waals surface area contributed by atoms with Gasteiger partial charge in [0.25, 0.3) is 0 Å². The van der Waals surface area contributed by atoms with E-state index in [4.69, 9.17) is 9.72 Å². The third kappa shape index (κ3) is 4.37. The van der Waals surface area contributed by atoms with Crippen molar-refractivity contribution in [2.24, 2.45) is 0 Å². The Balaban J connectivity index is 0.00000302. The molecule has 0 spiro atoms. The molecule has 1 saturated heterocycles. The van der Waals surface area contributed by atoms with Crippen molar-refractivity contribution in [3.63, 3.8) is 0 Å². The second kappa shape index (κ2) is 10.0. The van der Waals surface area contributed by atoms with Gasteiger partial charge >= 0.3 is 5.92 Å². The molecule has 2 aliphatic heterocycles. The fourth-order valence-electron chi connectivity index (χ4n) is 5.26. The second-order valence-electron chi connectivity index (χ2n) is 10.1. The molecule has 14 heteroatoms. The Hall–Kier alpha value is -4.17. The molecule has 0 amide bonds. The van der Waals surface area contributed by atoms with Gasteiger partial charge in [-0.25, -0.2) is 19.0 Å². The van der Waals surface area contributed by atoms with Crippen LogP contribution in [0.1, 0.15) is 36.0 Å². The number of anilines is 2. The minimum Gasteiger partial charge on any atom is -0.377 e. The molecular formula is C27H26F3N9OS. The highest BCUT2D eigenvalue weighted by Gasteiger charge is 2.44. The van der Waals surface area contributed by atoms with Gasteiger partial charge in [-0.2, -0.15) is 27.4 Å². The number of ether oxygens (including phenoxy) is 1. The van der Waals surface area contributed by atoms with E-state index in [1.807, 2.05) is 41.4 Å². The van der Waals surface area contributed by atoms with Crippen LogP contribution in [0.2, 0.25) is 0 Å². The summed E-state index contributed by atoms with van der Waals surface area (Å²) in [5, 5.41) is 15.6. The van der Waals surface area contributed by atoms with Gasteiger partial charge < -0.3 is 14.6 Å². The molecule has 0 saturated carbocycles. The first kappa shape index (κ1) is 27.0. The van der Waals surface area contributed by atoms with E-state index in [2.05, 4.69) is 25.6 Å². The Kier molecular flexibility index (Phi) is 6.61. The molecule has 1 aromatic carbocycles. The molecule has 6 heterocycles. The molecule has 1 fully saturated rings. The summed E-state index contributed by atoms with van der Waals surface area (Å²) in [6.45, 7) is 5.32. The zero-order valence-electron chi connectivity index (χ0n) is 22.1. The van der Waals surface area contributed by atoms with E-state index < -0.39 is 29.2 Å². The topological polar surface area (TPSA) is 100 Å². The standard InChI is InChI=1S/C27H24F3N9O.H2S/c1-15-10-31-26(33-22-7-8-32-39(22)18-13-40-14-18)34-23(15)17-9-21-24-35-36-25(38(24)16(2)11-37(21)12-17)27(29,30)19-5-3-4-6-20(19)28;/h3-10,12,16,18H,11,13-14H2,1-2H3,(H,31,33,34);1H2/t16-;/m0./s1. The van der Waals surface area contributed by atoms with Gasteiger partial charge in [-0.05, 0) is 37.6 Å².